The number of aromatic nitrogens is 3. The molecular formula is C20H22N4O2S. The maximum Gasteiger partial charge on any atom is 0.257 e. The SMILES string of the molecule is Cc1ccc(O)c(C(=O)N2CCC[C@@H](c3nccn3Cc3cscn3)C2)c1. The number of piperidine rings is 1. The summed E-state index contributed by atoms with van der Waals surface area (Å²) in [7, 11) is 0. The van der Waals surface area contributed by atoms with Gasteiger partial charge in [0, 0.05) is 36.8 Å². The first-order chi connectivity index (χ1) is 13.1. The number of aryl methyl sites for hydroxylation is 1. The number of carbonyl (C=O) groups is 1. The predicted molar refractivity (Wildman–Crippen MR) is 104 cm³/mol. The van der Waals surface area contributed by atoms with Gasteiger partial charge in [0.15, 0.2) is 0 Å². The highest BCUT2D eigenvalue weighted by atomic mass is 32.1. The summed E-state index contributed by atoms with van der Waals surface area (Å²) >= 11 is 1.59. The van der Waals surface area contributed by atoms with Crippen molar-refractivity contribution < 1.29 is 9.90 Å². The molecule has 6 nitrogen and oxygen atoms in total. The topological polar surface area (TPSA) is 71.2 Å². The van der Waals surface area contributed by atoms with E-state index >= 15 is 0 Å². The van der Waals surface area contributed by atoms with E-state index in [0.717, 1.165) is 29.9 Å². The predicted octanol–water partition coefficient (Wildman–Crippen LogP) is 3.42. The largest absolute Gasteiger partial charge is 0.507 e. The average Bonchev–Trinajstić information content (AvgIpc) is 3.36. The van der Waals surface area contributed by atoms with Crippen LogP contribution in [0.25, 0.3) is 0 Å². The van der Waals surface area contributed by atoms with Crippen molar-refractivity contribution in [2.45, 2.75) is 32.2 Å². The zero-order chi connectivity index (χ0) is 18.8. The number of benzene rings is 1. The number of aromatic hydroxyl groups is 1. The number of amides is 1. The van der Waals surface area contributed by atoms with Crippen LogP contribution in [0, 0.1) is 6.92 Å². The molecule has 4 rings (SSSR count). The summed E-state index contributed by atoms with van der Waals surface area (Å²) in [6, 6.07) is 5.15. The van der Waals surface area contributed by atoms with Gasteiger partial charge in [-0.1, -0.05) is 11.6 Å². The van der Waals surface area contributed by atoms with Gasteiger partial charge in [-0.15, -0.1) is 11.3 Å². The van der Waals surface area contributed by atoms with Gasteiger partial charge in [0.1, 0.15) is 11.6 Å². The van der Waals surface area contributed by atoms with E-state index in [9.17, 15) is 9.90 Å². The summed E-state index contributed by atoms with van der Waals surface area (Å²) in [5.74, 6) is 1.11. The number of hydrogen-bond acceptors (Lipinski definition) is 5. The number of carbonyl (C=O) groups excluding carboxylic acids is 1. The smallest absolute Gasteiger partial charge is 0.257 e. The molecular weight excluding hydrogens is 360 g/mol. The maximum absolute atomic E-state index is 13.0. The summed E-state index contributed by atoms with van der Waals surface area (Å²) < 4.78 is 2.12. The van der Waals surface area contributed by atoms with Crippen LogP contribution in [0.2, 0.25) is 0 Å². The van der Waals surface area contributed by atoms with E-state index in [1.54, 1.807) is 29.5 Å². The Hall–Kier alpha value is -2.67. The Labute approximate surface area is 162 Å². The third-order valence-electron chi connectivity index (χ3n) is 5.02. The first-order valence-corrected chi connectivity index (χ1v) is 10.0. The van der Waals surface area contributed by atoms with Gasteiger partial charge < -0.3 is 14.6 Å². The molecule has 3 aromatic rings. The van der Waals surface area contributed by atoms with Crippen molar-refractivity contribution in [3.8, 4) is 5.75 Å². The molecule has 0 bridgehead atoms. The van der Waals surface area contributed by atoms with Crippen LogP contribution < -0.4 is 0 Å². The number of thiazole rings is 1. The minimum atomic E-state index is -0.112. The van der Waals surface area contributed by atoms with Crippen molar-refractivity contribution >= 4 is 17.2 Å². The highest BCUT2D eigenvalue weighted by Gasteiger charge is 2.29. The standard InChI is InChI=1S/C20H22N4O2S/c1-14-4-5-18(25)17(9-14)20(26)24-7-2-3-15(10-24)19-21-6-8-23(19)11-16-12-27-13-22-16/h4-6,8-9,12-13,15,25H,2-3,7,10-11H2,1H3/t15-/m1/s1. The summed E-state index contributed by atoms with van der Waals surface area (Å²) in [5, 5.41) is 12.1. The van der Waals surface area contributed by atoms with Gasteiger partial charge in [-0.25, -0.2) is 9.97 Å². The van der Waals surface area contributed by atoms with Crippen molar-refractivity contribution in [1.82, 2.24) is 19.4 Å². The lowest BCUT2D eigenvalue weighted by atomic mass is 9.96. The minimum absolute atomic E-state index is 0.0396. The molecule has 27 heavy (non-hydrogen) atoms. The van der Waals surface area contributed by atoms with Crippen molar-refractivity contribution in [2.75, 3.05) is 13.1 Å². The Morgan fingerprint density at radius 3 is 3.07 bits per heavy atom. The van der Waals surface area contributed by atoms with E-state index in [1.807, 2.05) is 35.1 Å². The summed E-state index contributed by atoms with van der Waals surface area (Å²) in [4.78, 5) is 23.7. The molecule has 1 saturated heterocycles. The number of rotatable bonds is 4. The Kier molecular flexibility index (Phi) is 4.94. The van der Waals surface area contributed by atoms with Crippen molar-refractivity contribution in [3.63, 3.8) is 0 Å². The van der Waals surface area contributed by atoms with Crippen molar-refractivity contribution in [1.29, 1.82) is 0 Å². The molecule has 1 amide bonds. The van der Waals surface area contributed by atoms with Gasteiger partial charge in [0.25, 0.3) is 5.91 Å². The molecule has 0 spiro atoms. The second-order valence-electron chi connectivity index (χ2n) is 7.00. The van der Waals surface area contributed by atoms with Crippen LogP contribution in [0.5, 0.6) is 5.75 Å². The Morgan fingerprint density at radius 2 is 2.26 bits per heavy atom. The van der Waals surface area contributed by atoms with Crippen LogP contribution in [0.4, 0.5) is 0 Å². The third-order valence-corrected chi connectivity index (χ3v) is 5.65. The fraction of sp³-hybridized carbons (Fsp3) is 0.350. The summed E-state index contributed by atoms with van der Waals surface area (Å²) in [5.41, 5.74) is 4.19. The van der Waals surface area contributed by atoms with Gasteiger partial charge in [-0.05, 0) is 31.9 Å². The van der Waals surface area contributed by atoms with Crippen LogP contribution in [0.15, 0.2) is 41.5 Å². The number of hydrogen-bond donors (Lipinski definition) is 1. The number of nitrogens with zero attached hydrogens (tertiary/aromatic N) is 4. The maximum atomic E-state index is 13.0. The zero-order valence-electron chi connectivity index (χ0n) is 15.2. The lowest BCUT2D eigenvalue weighted by Crippen LogP contribution is -2.39. The van der Waals surface area contributed by atoms with Gasteiger partial charge in [0.05, 0.1) is 23.3 Å². The lowest BCUT2D eigenvalue weighted by molar-refractivity contribution is 0.0700. The van der Waals surface area contributed by atoms with E-state index in [-0.39, 0.29) is 17.6 Å². The molecule has 1 aromatic carbocycles. The third kappa shape index (κ3) is 3.73. The van der Waals surface area contributed by atoms with Crippen molar-refractivity contribution in [2.24, 2.45) is 0 Å². The fourth-order valence-electron chi connectivity index (χ4n) is 3.67. The molecule has 7 heteroatoms. The molecule has 1 aliphatic heterocycles. The Bertz CT molecular complexity index is 935. The van der Waals surface area contributed by atoms with E-state index in [1.165, 1.54) is 0 Å². The summed E-state index contributed by atoms with van der Waals surface area (Å²) in [6.07, 6.45) is 5.71. The highest BCUT2D eigenvalue weighted by molar-refractivity contribution is 7.07. The Balaban J connectivity index is 1.53. The van der Waals surface area contributed by atoms with E-state index in [0.29, 0.717) is 25.2 Å². The average molecular weight is 382 g/mol. The molecule has 1 fully saturated rings. The molecule has 0 unspecified atom stereocenters. The lowest BCUT2D eigenvalue weighted by Gasteiger charge is -2.33. The van der Waals surface area contributed by atoms with Crippen LogP contribution >= 0.6 is 11.3 Å². The number of imidazole rings is 1. The second kappa shape index (κ2) is 7.52. The van der Waals surface area contributed by atoms with Crippen molar-refractivity contribution in [3.05, 3.63) is 64.1 Å². The van der Waals surface area contributed by atoms with Crippen LogP contribution in [0.3, 0.4) is 0 Å². The fourth-order valence-corrected chi connectivity index (χ4v) is 4.22. The van der Waals surface area contributed by atoms with Gasteiger partial charge in [-0.3, -0.25) is 4.79 Å². The molecule has 0 aliphatic carbocycles. The molecule has 140 valence electrons. The molecule has 0 radical (unpaired) electrons. The highest BCUT2D eigenvalue weighted by Crippen LogP contribution is 2.29. The van der Waals surface area contributed by atoms with Crippen LogP contribution in [-0.4, -0.2) is 43.5 Å². The second-order valence-corrected chi connectivity index (χ2v) is 7.72. The number of likely N-dealkylation sites (tertiary alicyclic amines) is 1. The minimum Gasteiger partial charge on any atom is -0.507 e. The molecule has 0 saturated carbocycles. The number of phenolic OH excluding ortho intramolecular Hbond substituents is 1. The molecule has 1 atom stereocenters. The van der Waals surface area contributed by atoms with Crippen LogP contribution in [0.1, 0.15) is 46.2 Å². The zero-order valence-corrected chi connectivity index (χ0v) is 16.0. The van der Waals surface area contributed by atoms with E-state index in [4.69, 9.17) is 0 Å². The number of phenols is 1. The molecule has 3 heterocycles. The normalized spacial score (nSPS) is 17.2. The van der Waals surface area contributed by atoms with Gasteiger partial charge in [0.2, 0.25) is 0 Å². The van der Waals surface area contributed by atoms with E-state index in [2.05, 4.69) is 14.5 Å². The first-order valence-electron chi connectivity index (χ1n) is 9.09. The molecule has 1 N–H and O–H groups in total. The van der Waals surface area contributed by atoms with E-state index < -0.39 is 0 Å². The van der Waals surface area contributed by atoms with Crippen LogP contribution in [-0.2, 0) is 6.54 Å². The quantitative estimate of drug-likeness (QED) is 0.750. The first kappa shape index (κ1) is 17.7. The monoisotopic (exact) mass is 382 g/mol. The van der Waals surface area contributed by atoms with Gasteiger partial charge in [-0.2, -0.15) is 0 Å². The van der Waals surface area contributed by atoms with Gasteiger partial charge >= 0.3 is 0 Å². The summed E-state index contributed by atoms with van der Waals surface area (Å²) in [6.45, 7) is 3.93. The Morgan fingerprint density at radius 1 is 1.37 bits per heavy atom. The molecule has 1 aliphatic rings. The molecule has 2 aromatic heterocycles.